The molecule has 1 amide bonds. The van der Waals surface area contributed by atoms with Gasteiger partial charge in [-0.05, 0) is 48.9 Å². The largest absolute Gasteiger partial charge is 0.497 e. The van der Waals surface area contributed by atoms with Crippen LogP contribution in [0.1, 0.15) is 23.0 Å². The van der Waals surface area contributed by atoms with Crippen LogP contribution in [0.15, 0.2) is 47.8 Å². The summed E-state index contributed by atoms with van der Waals surface area (Å²) >= 11 is 1.68. The summed E-state index contributed by atoms with van der Waals surface area (Å²) in [6.07, 6.45) is 0.649. The van der Waals surface area contributed by atoms with E-state index in [0.29, 0.717) is 19.5 Å². The molecular weight excluding hydrogens is 490 g/mol. The molecule has 2 aromatic carbocycles. The van der Waals surface area contributed by atoms with Crippen LogP contribution in [0.25, 0.3) is 11.3 Å². The smallest absolute Gasteiger partial charge is 0.241 e. The number of rotatable bonds is 8. The molecule has 9 nitrogen and oxygen atoms in total. The molecule has 3 heterocycles. The van der Waals surface area contributed by atoms with Crippen molar-refractivity contribution in [2.45, 2.75) is 25.0 Å². The van der Waals surface area contributed by atoms with E-state index >= 15 is 0 Å². The highest BCUT2D eigenvalue weighted by Crippen LogP contribution is 2.33. The molecule has 0 radical (unpaired) electrons. The maximum Gasteiger partial charge on any atom is 0.241 e. The Morgan fingerprint density at radius 3 is 2.41 bits per heavy atom. The van der Waals surface area contributed by atoms with Gasteiger partial charge >= 0.3 is 0 Å². The third-order valence-corrected chi connectivity index (χ3v) is 7.83. The molecule has 2 N–H and O–H groups in total. The molecule has 0 spiro atoms. The van der Waals surface area contributed by atoms with Gasteiger partial charge in [0.05, 0.1) is 39.6 Å². The molecule has 2 saturated heterocycles. The van der Waals surface area contributed by atoms with Crippen LogP contribution in [-0.4, -0.2) is 74.2 Å². The Labute approximate surface area is 221 Å². The number of aromatic nitrogens is 1. The number of carbonyl (C=O) groups is 1. The number of piperazine rings is 1. The lowest BCUT2D eigenvalue weighted by Gasteiger charge is -2.35. The van der Waals surface area contributed by atoms with Gasteiger partial charge in [0.2, 0.25) is 5.91 Å². The highest BCUT2D eigenvalue weighted by atomic mass is 32.1. The van der Waals surface area contributed by atoms with E-state index in [0.717, 1.165) is 58.7 Å². The minimum atomic E-state index is -0.279. The van der Waals surface area contributed by atoms with Crippen LogP contribution < -0.4 is 25.1 Å². The molecule has 0 bridgehead atoms. The molecule has 2 fully saturated rings. The van der Waals surface area contributed by atoms with Gasteiger partial charge in [-0.15, -0.1) is 11.3 Å². The Hall–Kier alpha value is -3.18. The third kappa shape index (κ3) is 5.72. The van der Waals surface area contributed by atoms with Crippen molar-refractivity contribution >= 4 is 17.2 Å². The molecular formula is C27H33N5O4S. The number of hydrogen-bond donors (Lipinski definition) is 2. The Morgan fingerprint density at radius 1 is 0.973 bits per heavy atom. The van der Waals surface area contributed by atoms with Gasteiger partial charge in [-0.25, -0.2) is 15.8 Å². The van der Waals surface area contributed by atoms with Crippen LogP contribution in [0.5, 0.6) is 17.2 Å². The van der Waals surface area contributed by atoms with Crippen molar-refractivity contribution in [3.8, 4) is 28.5 Å². The summed E-state index contributed by atoms with van der Waals surface area (Å²) in [5.41, 5.74) is 9.52. The molecule has 2 aliphatic rings. The van der Waals surface area contributed by atoms with Crippen LogP contribution in [0.4, 0.5) is 0 Å². The van der Waals surface area contributed by atoms with E-state index in [4.69, 9.17) is 19.2 Å². The highest BCUT2D eigenvalue weighted by molar-refractivity contribution is 7.09. The summed E-state index contributed by atoms with van der Waals surface area (Å²) in [6.45, 7) is 3.87. The van der Waals surface area contributed by atoms with Gasteiger partial charge in [0, 0.05) is 42.7 Å². The number of hydrazine groups is 1. The zero-order valence-electron chi connectivity index (χ0n) is 21.4. The van der Waals surface area contributed by atoms with Crippen LogP contribution in [-0.2, 0) is 11.3 Å². The quantitative estimate of drug-likeness (QED) is 0.466. The first-order valence-corrected chi connectivity index (χ1v) is 13.3. The molecule has 3 aromatic rings. The molecule has 1 aromatic heterocycles. The average Bonchev–Trinajstić information content (AvgIpc) is 3.63. The molecule has 2 atom stereocenters. The number of hydrogen-bond acceptors (Lipinski definition) is 9. The topological polar surface area (TPSA) is 88.2 Å². The van der Waals surface area contributed by atoms with E-state index in [-0.39, 0.29) is 18.0 Å². The monoisotopic (exact) mass is 523 g/mol. The molecule has 196 valence electrons. The molecule has 37 heavy (non-hydrogen) atoms. The minimum absolute atomic E-state index is 0.0370. The summed E-state index contributed by atoms with van der Waals surface area (Å²) in [4.78, 5) is 22.4. The summed E-state index contributed by atoms with van der Waals surface area (Å²) < 4.78 is 16.2. The van der Waals surface area contributed by atoms with Crippen LogP contribution in [0.3, 0.4) is 0 Å². The second-order valence-electron chi connectivity index (χ2n) is 9.19. The first kappa shape index (κ1) is 25.5. The van der Waals surface area contributed by atoms with Crippen LogP contribution in [0.2, 0.25) is 0 Å². The maximum absolute atomic E-state index is 13.3. The lowest BCUT2D eigenvalue weighted by molar-refractivity contribution is -0.135. The fraction of sp³-hybridized carbons (Fsp3) is 0.407. The van der Waals surface area contributed by atoms with Crippen molar-refractivity contribution in [3.63, 3.8) is 0 Å². The summed E-state index contributed by atoms with van der Waals surface area (Å²) in [5.74, 6) is 2.51. The predicted molar refractivity (Wildman–Crippen MR) is 143 cm³/mol. The van der Waals surface area contributed by atoms with E-state index < -0.39 is 0 Å². The van der Waals surface area contributed by atoms with Crippen LogP contribution in [0, 0.1) is 0 Å². The van der Waals surface area contributed by atoms with E-state index in [9.17, 15) is 4.79 Å². The van der Waals surface area contributed by atoms with Crippen molar-refractivity contribution < 1.29 is 19.0 Å². The van der Waals surface area contributed by atoms with Gasteiger partial charge in [-0.2, -0.15) is 0 Å². The number of carbonyl (C=O) groups excluding carboxylic acids is 1. The average molecular weight is 524 g/mol. The summed E-state index contributed by atoms with van der Waals surface area (Å²) in [6, 6.07) is 13.4. The first-order chi connectivity index (χ1) is 18.1. The second kappa shape index (κ2) is 11.5. The van der Waals surface area contributed by atoms with E-state index in [1.165, 1.54) is 0 Å². The van der Waals surface area contributed by atoms with Crippen LogP contribution >= 0.6 is 11.3 Å². The van der Waals surface area contributed by atoms with Gasteiger partial charge in [0.1, 0.15) is 28.3 Å². The number of nitrogens with one attached hydrogen (secondary N) is 2. The number of benzene rings is 2. The maximum atomic E-state index is 13.3. The van der Waals surface area contributed by atoms with Crippen molar-refractivity contribution in [1.82, 2.24) is 25.6 Å². The highest BCUT2D eigenvalue weighted by Gasteiger charge is 2.35. The summed E-state index contributed by atoms with van der Waals surface area (Å²) in [7, 11) is 4.97. The molecule has 2 aliphatic heterocycles. The van der Waals surface area contributed by atoms with Gasteiger partial charge in [0.15, 0.2) is 0 Å². The molecule has 5 rings (SSSR count). The predicted octanol–water partition coefficient (Wildman–Crippen LogP) is 3.09. The zero-order valence-corrected chi connectivity index (χ0v) is 22.2. The number of amides is 1. The van der Waals surface area contributed by atoms with E-state index in [2.05, 4.69) is 21.1 Å². The Kier molecular flexibility index (Phi) is 7.90. The Morgan fingerprint density at radius 2 is 1.70 bits per heavy atom. The number of thiazole rings is 1. The number of methoxy groups -OCH3 is 3. The lowest BCUT2D eigenvalue weighted by Crippen LogP contribution is -2.53. The molecule has 10 heteroatoms. The zero-order chi connectivity index (χ0) is 25.8. The Bertz CT molecular complexity index is 1210. The normalized spacial score (nSPS) is 20.1. The van der Waals surface area contributed by atoms with Crippen molar-refractivity contribution in [2.75, 3.05) is 47.5 Å². The lowest BCUT2D eigenvalue weighted by atomic mass is 10.00. The van der Waals surface area contributed by atoms with Gasteiger partial charge < -0.3 is 19.1 Å². The van der Waals surface area contributed by atoms with Crippen molar-refractivity contribution in [2.24, 2.45) is 0 Å². The van der Waals surface area contributed by atoms with Gasteiger partial charge in [-0.3, -0.25) is 9.69 Å². The molecule has 0 saturated carbocycles. The minimum Gasteiger partial charge on any atom is -0.497 e. The SMILES string of the molecule is COc1ccc(-c2csc(CN3CCN(C(=O)C4CC(c5cc(OC)ccc5OC)NN4)CC3)n2)cc1. The van der Waals surface area contributed by atoms with E-state index in [1.54, 1.807) is 32.7 Å². The Balaban J connectivity index is 1.13. The number of nitrogens with zero attached hydrogens (tertiary/aromatic N) is 3. The first-order valence-electron chi connectivity index (χ1n) is 12.4. The van der Waals surface area contributed by atoms with E-state index in [1.807, 2.05) is 47.4 Å². The fourth-order valence-electron chi connectivity index (χ4n) is 4.85. The molecule has 0 aliphatic carbocycles. The van der Waals surface area contributed by atoms with Crippen molar-refractivity contribution in [1.29, 1.82) is 0 Å². The van der Waals surface area contributed by atoms with Gasteiger partial charge in [0.25, 0.3) is 0 Å². The standard InChI is InChI=1S/C27H33N5O4S/c1-34-19-6-4-18(5-7-19)24-17-37-26(28-24)16-31-10-12-32(13-11-31)27(33)23-15-22(29-30-23)21-14-20(35-2)8-9-25(21)36-3/h4-9,14,17,22-23,29-30H,10-13,15-16H2,1-3H3. The third-order valence-electron chi connectivity index (χ3n) is 6.99. The number of ether oxygens (including phenoxy) is 3. The van der Waals surface area contributed by atoms with Gasteiger partial charge in [-0.1, -0.05) is 0 Å². The van der Waals surface area contributed by atoms with Crippen molar-refractivity contribution in [3.05, 3.63) is 58.4 Å². The second-order valence-corrected chi connectivity index (χ2v) is 10.1. The molecule has 2 unspecified atom stereocenters. The fourth-order valence-corrected chi connectivity index (χ4v) is 5.69. The summed E-state index contributed by atoms with van der Waals surface area (Å²) in [5, 5.41) is 3.19.